The Morgan fingerprint density at radius 1 is 1.53 bits per heavy atom. The number of carbonyl (C=O) groups is 1. The lowest BCUT2D eigenvalue weighted by molar-refractivity contribution is -0.135. The second-order valence-corrected chi connectivity index (χ2v) is 5.40. The number of hydrogen-bond donors (Lipinski definition) is 0. The maximum Gasteiger partial charge on any atom is 0.141 e. The number of carbonyl (C=O) groups excluding carboxylic acids is 1. The first-order valence-electron chi connectivity index (χ1n) is 6.05. The molecule has 0 radical (unpaired) electrons. The van der Waals surface area contributed by atoms with Crippen LogP contribution in [0.25, 0.3) is 0 Å². The van der Waals surface area contributed by atoms with Crippen LogP contribution in [0.1, 0.15) is 46.5 Å². The van der Waals surface area contributed by atoms with Gasteiger partial charge in [-0.2, -0.15) is 0 Å². The third-order valence-corrected chi connectivity index (χ3v) is 3.75. The van der Waals surface area contributed by atoms with Crippen LogP contribution in [0.15, 0.2) is 0 Å². The zero-order valence-corrected chi connectivity index (χ0v) is 10.5. The molecule has 0 saturated heterocycles. The SMILES string of the molecule is COCC1(C(=O)CC(C)C)CCCC1C. The summed E-state index contributed by atoms with van der Waals surface area (Å²) in [6.07, 6.45) is 4.07. The highest BCUT2D eigenvalue weighted by Crippen LogP contribution is 2.45. The average Bonchev–Trinajstić information content (AvgIpc) is 2.48. The van der Waals surface area contributed by atoms with Crippen molar-refractivity contribution < 1.29 is 9.53 Å². The Hall–Kier alpha value is -0.370. The van der Waals surface area contributed by atoms with Crippen LogP contribution in [0, 0.1) is 17.3 Å². The standard InChI is InChI=1S/C13H24O2/c1-10(2)8-12(14)13(9-15-4)7-5-6-11(13)3/h10-11H,5-9H2,1-4H3. The minimum Gasteiger partial charge on any atom is -0.384 e. The summed E-state index contributed by atoms with van der Waals surface area (Å²) in [4.78, 5) is 12.3. The van der Waals surface area contributed by atoms with Crippen LogP contribution in [-0.4, -0.2) is 19.5 Å². The van der Waals surface area contributed by atoms with Crippen LogP contribution in [-0.2, 0) is 9.53 Å². The van der Waals surface area contributed by atoms with Gasteiger partial charge in [-0.3, -0.25) is 4.79 Å². The molecule has 1 aliphatic carbocycles. The molecular weight excluding hydrogens is 188 g/mol. The Morgan fingerprint density at radius 2 is 2.20 bits per heavy atom. The van der Waals surface area contributed by atoms with Gasteiger partial charge in [0.15, 0.2) is 0 Å². The summed E-state index contributed by atoms with van der Waals surface area (Å²) >= 11 is 0. The Bertz CT molecular complexity index is 223. The van der Waals surface area contributed by atoms with E-state index in [0.29, 0.717) is 30.6 Å². The number of rotatable bonds is 5. The zero-order chi connectivity index (χ0) is 11.5. The van der Waals surface area contributed by atoms with E-state index < -0.39 is 0 Å². The molecule has 88 valence electrons. The summed E-state index contributed by atoms with van der Waals surface area (Å²) in [6, 6.07) is 0. The van der Waals surface area contributed by atoms with E-state index >= 15 is 0 Å². The van der Waals surface area contributed by atoms with Crippen molar-refractivity contribution in [3.63, 3.8) is 0 Å². The number of methoxy groups -OCH3 is 1. The summed E-state index contributed by atoms with van der Waals surface area (Å²) < 4.78 is 5.28. The lowest BCUT2D eigenvalue weighted by Gasteiger charge is -2.32. The van der Waals surface area contributed by atoms with Crippen LogP contribution < -0.4 is 0 Å². The van der Waals surface area contributed by atoms with Gasteiger partial charge in [0, 0.05) is 13.5 Å². The summed E-state index contributed by atoms with van der Waals surface area (Å²) in [5.74, 6) is 1.37. The topological polar surface area (TPSA) is 26.3 Å². The molecule has 0 aromatic heterocycles. The van der Waals surface area contributed by atoms with Crippen molar-refractivity contribution in [1.82, 2.24) is 0 Å². The molecule has 0 bridgehead atoms. The molecule has 1 rings (SSSR count). The Morgan fingerprint density at radius 3 is 2.60 bits per heavy atom. The number of hydrogen-bond acceptors (Lipinski definition) is 2. The molecule has 0 aliphatic heterocycles. The van der Waals surface area contributed by atoms with Crippen molar-refractivity contribution in [3.8, 4) is 0 Å². The molecule has 2 nitrogen and oxygen atoms in total. The van der Waals surface area contributed by atoms with Gasteiger partial charge >= 0.3 is 0 Å². The molecule has 0 spiro atoms. The molecule has 2 atom stereocenters. The van der Waals surface area contributed by atoms with E-state index in [2.05, 4.69) is 20.8 Å². The van der Waals surface area contributed by atoms with Crippen molar-refractivity contribution in [3.05, 3.63) is 0 Å². The third kappa shape index (κ3) is 2.60. The van der Waals surface area contributed by atoms with Crippen molar-refractivity contribution in [1.29, 1.82) is 0 Å². The zero-order valence-electron chi connectivity index (χ0n) is 10.5. The Balaban J connectivity index is 2.76. The van der Waals surface area contributed by atoms with Gasteiger partial charge in [0.2, 0.25) is 0 Å². The van der Waals surface area contributed by atoms with E-state index in [9.17, 15) is 4.79 Å². The fourth-order valence-electron chi connectivity index (χ4n) is 2.79. The smallest absolute Gasteiger partial charge is 0.141 e. The van der Waals surface area contributed by atoms with Crippen molar-refractivity contribution >= 4 is 5.78 Å². The molecule has 0 N–H and O–H groups in total. The summed E-state index contributed by atoms with van der Waals surface area (Å²) in [5.41, 5.74) is -0.168. The van der Waals surface area contributed by atoms with Gasteiger partial charge in [-0.1, -0.05) is 27.2 Å². The predicted molar refractivity (Wildman–Crippen MR) is 61.8 cm³/mol. The molecule has 0 heterocycles. The van der Waals surface area contributed by atoms with Crippen molar-refractivity contribution in [2.75, 3.05) is 13.7 Å². The maximum absolute atomic E-state index is 12.3. The van der Waals surface area contributed by atoms with E-state index in [-0.39, 0.29) is 5.41 Å². The number of Topliss-reactive ketones (excluding diaryl/α,β-unsaturated/α-hetero) is 1. The molecular formula is C13H24O2. The molecule has 1 saturated carbocycles. The second kappa shape index (κ2) is 5.11. The molecule has 2 unspecified atom stereocenters. The molecule has 0 aromatic rings. The lowest BCUT2D eigenvalue weighted by Crippen LogP contribution is -2.38. The van der Waals surface area contributed by atoms with Crippen LogP contribution >= 0.6 is 0 Å². The number of ether oxygens (including phenoxy) is 1. The van der Waals surface area contributed by atoms with E-state index in [1.54, 1.807) is 7.11 Å². The Labute approximate surface area is 93.4 Å². The van der Waals surface area contributed by atoms with Crippen LogP contribution in [0.2, 0.25) is 0 Å². The van der Waals surface area contributed by atoms with Gasteiger partial charge in [-0.15, -0.1) is 0 Å². The fraction of sp³-hybridized carbons (Fsp3) is 0.923. The highest BCUT2D eigenvalue weighted by molar-refractivity contribution is 5.85. The van der Waals surface area contributed by atoms with Gasteiger partial charge < -0.3 is 4.74 Å². The molecule has 0 amide bonds. The van der Waals surface area contributed by atoms with Gasteiger partial charge in [0.05, 0.1) is 12.0 Å². The normalized spacial score (nSPS) is 31.1. The predicted octanol–water partition coefficient (Wildman–Crippen LogP) is 3.05. The largest absolute Gasteiger partial charge is 0.384 e. The highest BCUT2D eigenvalue weighted by Gasteiger charge is 2.45. The van der Waals surface area contributed by atoms with Gasteiger partial charge in [-0.05, 0) is 24.7 Å². The van der Waals surface area contributed by atoms with Crippen LogP contribution in [0.4, 0.5) is 0 Å². The molecule has 1 aliphatic rings. The van der Waals surface area contributed by atoms with E-state index in [1.165, 1.54) is 12.8 Å². The van der Waals surface area contributed by atoms with Crippen molar-refractivity contribution in [2.24, 2.45) is 17.3 Å². The maximum atomic E-state index is 12.3. The van der Waals surface area contributed by atoms with Crippen molar-refractivity contribution in [2.45, 2.75) is 46.5 Å². The first kappa shape index (κ1) is 12.7. The quantitative estimate of drug-likeness (QED) is 0.700. The molecule has 0 aromatic carbocycles. The van der Waals surface area contributed by atoms with Crippen LogP contribution in [0.3, 0.4) is 0 Å². The lowest BCUT2D eigenvalue weighted by atomic mass is 9.73. The highest BCUT2D eigenvalue weighted by atomic mass is 16.5. The Kier molecular flexibility index (Phi) is 4.32. The van der Waals surface area contributed by atoms with E-state index in [1.807, 2.05) is 0 Å². The first-order valence-corrected chi connectivity index (χ1v) is 6.05. The van der Waals surface area contributed by atoms with E-state index in [0.717, 1.165) is 6.42 Å². The second-order valence-electron chi connectivity index (χ2n) is 5.40. The molecule has 15 heavy (non-hydrogen) atoms. The average molecular weight is 212 g/mol. The minimum atomic E-state index is -0.168. The van der Waals surface area contributed by atoms with Gasteiger partial charge in [0.25, 0.3) is 0 Å². The first-order chi connectivity index (χ1) is 7.03. The number of ketones is 1. The summed E-state index contributed by atoms with van der Waals surface area (Å²) in [7, 11) is 1.70. The minimum absolute atomic E-state index is 0.168. The van der Waals surface area contributed by atoms with E-state index in [4.69, 9.17) is 4.74 Å². The monoisotopic (exact) mass is 212 g/mol. The molecule has 1 fully saturated rings. The summed E-state index contributed by atoms with van der Waals surface area (Å²) in [5, 5.41) is 0. The third-order valence-electron chi connectivity index (χ3n) is 3.75. The van der Waals surface area contributed by atoms with Crippen LogP contribution in [0.5, 0.6) is 0 Å². The summed E-state index contributed by atoms with van der Waals surface area (Å²) in [6.45, 7) is 7.03. The van der Waals surface area contributed by atoms with Gasteiger partial charge in [0.1, 0.15) is 5.78 Å². The fourth-order valence-corrected chi connectivity index (χ4v) is 2.79. The molecule has 2 heteroatoms. The van der Waals surface area contributed by atoms with Gasteiger partial charge in [-0.25, -0.2) is 0 Å².